The first kappa shape index (κ1) is 14.1. The molecule has 4 nitrogen and oxygen atoms in total. The molecule has 112 valence electrons. The molecule has 2 aliphatic heterocycles. The summed E-state index contributed by atoms with van der Waals surface area (Å²) in [6.07, 6.45) is 6.57. The second-order valence-corrected chi connectivity index (χ2v) is 5.71. The first-order valence-electron chi connectivity index (χ1n) is 7.23. The third-order valence-corrected chi connectivity index (χ3v) is 4.10. The first-order valence-corrected chi connectivity index (χ1v) is 7.23. The van der Waals surface area contributed by atoms with Gasteiger partial charge in [-0.2, -0.15) is 0 Å². The van der Waals surface area contributed by atoms with Gasteiger partial charge in [0.1, 0.15) is 6.10 Å². The number of carboxylic acid groups (broad SMARTS) is 1. The lowest BCUT2D eigenvalue weighted by molar-refractivity contribution is -0.131. The van der Waals surface area contributed by atoms with E-state index in [0.29, 0.717) is 17.6 Å². The van der Waals surface area contributed by atoms with E-state index in [9.17, 15) is 9.18 Å². The average molecular weight is 291 g/mol. The van der Waals surface area contributed by atoms with E-state index in [2.05, 4.69) is 5.32 Å². The molecule has 3 rings (SSSR count). The van der Waals surface area contributed by atoms with Gasteiger partial charge < -0.3 is 15.2 Å². The number of hydrogen-bond acceptors (Lipinski definition) is 3. The van der Waals surface area contributed by atoms with Crippen molar-refractivity contribution in [1.82, 2.24) is 5.32 Å². The lowest BCUT2D eigenvalue weighted by Crippen LogP contribution is -2.42. The molecule has 1 aromatic carbocycles. The quantitative estimate of drug-likeness (QED) is 0.837. The van der Waals surface area contributed by atoms with Crippen LogP contribution in [0.5, 0.6) is 5.75 Å². The summed E-state index contributed by atoms with van der Waals surface area (Å²) >= 11 is 0. The molecule has 2 saturated heterocycles. The number of fused-ring (bicyclic) bond motifs is 2. The number of piperidine rings is 1. The van der Waals surface area contributed by atoms with Crippen LogP contribution in [0, 0.1) is 5.82 Å². The molecule has 2 fully saturated rings. The Bertz CT molecular complexity index is 561. The molecular weight excluding hydrogens is 273 g/mol. The van der Waals surface area contributed by atoms with Gasteiger partial charge in [-0.1, -0.05) is 6.07 Å². The molecule has 0 saturated carbocycles. The minimum absolute atomic E-state index is 0.0543. The van der Waals surface area contributed by atoms with E-state index in [-0.39, 0.29) is 11.9 Å². The summed E-state index contributed by atoms with van der Waals surface area (Å²) < 4.78 is 19.8. The van der Waals surface area contributed by atoms with Crippen molar-refractivity contribution in [3.05, 3.63) is 35.7 Å². The molecule has 2 N–H and O–H groups in total. The van der Waals surface area contributed by atoms with Crippen LogP contribution in [0.1, 0.15) is 31.2 Å². The second kappa shape index (κ2) is 5.85. The summed E-state index contributed by atoms with van der Waals surface area (Å²) in [5.41, 5.74) is 0.507. The topological polar surface area (TPSA) is 58.6 Å². The van der Waals surface area contributed by atoms with Gasteiger partial charge >= 0.3 is 5.97 Å². The summed E-state index contributed by atoms with van der Waals surface area (Å²) in [4.78, 5) is 10.4. The number of carbonyl (C=O) groups is 1. The van der Waals surface area contributed by atoms with Crippen LogP contribution in [0.25, 0.3) is 6.08 Å². The zero-order chi connectivity index (χ0) is 14.8. The van der Waals surface area contributed by atoms with E-state index in [0.717, 1.165) is 18.9 Å². The number of ether oxygens (including phenoxy) is 1. The molecule has 2 heterocycles. The molecule has 0 aromatic heterocycles. The molecule has 3 atom stereocenters. The van der Waals surface area contributed by atoms with Gasteiger partial charge in [-0.3, -0.25) is 0 Å². The van der Waals surface area contributed by atoms with Crippen LogP contribution >= 0.6 is 0 Å². The predicted octanol–water partition coefficient (Wildman–Crippen LogP) is 2.59. The molecule has 21 heavy (non-hydrogen) atoms. The number of benzene rings is 1. The Hall–Kier alpha value is -1.88. The summed E-state index contributed by atoms with van der Waals surface area (Å²) in [7, 11) is 0. The van der Waals surface area contributed by atoms with E-state index in [1.807, 2.05) is 0 Å². The Balaban J connectivity index is 1.67. The highest BCUT2D eigenvalue weighted by molar-refractivity contribution is 5.85. The Morgan fingerprint density at radius 2 is 2.05 bits per heavy atom. The van der Waals surface area contributed by atoms with Crippen LogP contribution < -0.4 is 10.1 Å². The highest BCUT2D eigenvalue weighted by Gasteiger charge is 2.34. The van der Waals surface area contributed by atoms with E-state index < -0.39 is 11.8 Å². The SMILES string of the molecule is O=C(O)/C=C/c1ccc(OC2C[C@H]3CC[C@@H](C2)N3)c(F)c1. The summed E-state index contributed by atoms with van der Waals surface area (Å²) in [5, 5.41) is 12.1. The summed E-state index contributed by atoms with van der Waals surface area (Å²) in [6, 6.07) is 5.52. The molecule has 5 heteroatoms. The smallest absolute Gasteiger partial charge is 0.328 e. The van der Waals surface area contributed by atoms with Gasteiger partial charge in [0, 0.05) is 18.2 Å². The number of halogens is 1. The van der Waals surface area contributed by atoms with Crippen molar-refractivity contribution in [1.29, 1.82) is 0 Å². The van der Waals surface area contributed by atoms with Crippen molar-refractivity contribution in [3.8, 4) is 5.75 Å². The van der Waals surface area contributed by atoms with Crippen molar-refractivity contribution < 1.29 is 19.0 Å². The molecule has 2 aliphatic rings. The van der Waals surface area contributed by atoms with Crippen molar-refractivity contribution in [2.24, 2.45) is 0 Å². The highest BCUT2D eigenvalue weighted by atomic mass is 19.1. The number of rotatable bonds is 4. The fraction of sp³-hybridized carbons (Fsp3) is 0.438. The molecule has 0 amide bonds. The Labute approximate surface area is 122 Å². The van der Waals surface area contributed by atoms with Gasteiger partial charge in [0.15, 0.2) is 11.6 Å². The number of carboxylic acids is 1. The average Bonchev–Trinajstić information content (AvgIpc) is 2.78. The fourth-order valence-corrected chi connectivity index (χ4v) is 3.16. The van der Waals surface area contributed by atoms with Crippen molar-refractivity contribution in [2.45, 2.75) is 43.9 Å². The lowest BCUT2D eigenvalue weighted by Gasteiger charge is -2.29. The van der Waals surface area contributed by atoms with Gasteiger partial charge in [0.2, 0.25) is 0 Å². The predicted molar refractivity (Wildman–Crippen MR) is 76.7 cm³/mol. The van der Waals surface area contributed by atoms with Crippen LogP contribution in [0.3, 0.4) is 0 Å². The van der Waals surface area contributed by atoms with Gasteiger partial charge in [-0.25, -0.2) is 9.18 Å². The number of aliphatic carboxylic acids is 1. The summed E-state index contributed by atoms with van der Waals surface area (Å²) in [5.74, 6) is -1.26. The zero-order valence-corrected chi connectivity index (χ0v) is 11.6. The Kier molecular flexibility index (Phi) is 3.92. The van der Waals surface area contributed by atoms with E-state index in [1.165, 1.54) is 25.0 Å². The number of hydrogen-bond donors (Lipinski definition) is 2. The molecular formula is C16H18FNO3. The fourth-order valence-electron chi connectivity index (χ4n) is 3.16. The van der Waals surface area contributed by atoms with Gasteiger partial charge in [-0.05, 0) is 49.5 Å². The van der Waals surface area contributed by atoms with E-state index >= 15 is 0 Å². The maximum Gasteiger partial charge on any atom is 0.328 e. The van der Waals surface area contributed by atoms with Crippen LogP contribution in [0.15, 0.2) is 24.3 Å². The van der Waals surface area contributed by atoms with Crippen LogP contribution in [-0.2, 0) is 4.79 Å². The maximum absolute atomic E-state index is 14.0. The van der Waals surface area contributed by atoms with Crippen molar-refractivity contribution >= 4 is 12.0 Å². The molecule has 0 aliphatic carbocycles. The van der Waals surface area contributed by atoms with Crippen LogP contribution in [-0.4, -0.2) is 29.3 Å². The van der Waals surface area contributed by atoms with E-state index in [1.54, 1.807) is 12.1 Å². The maximum atomic E-state index is 14.0. The molecule has 1 unspecified atom stereocenters. The minimum Gasteiger partial charge on any atom is -0.487 e. The second-order valence-electron chi connectivity index (χ2n) is 5.71. The monoisotopic (exact) mass is 291 g/mol. The first-order chi connectivity index (χ1) is 10.1. The van der Waals surface area contributed by atoms with Gasteiger partial charge in [-0.15, -0.1) is 0 Å². The molecule has 0 radical (unpaired) electrons. The number of nitrogens with one attached hydrogen (secondary N) is 1. The zero-order valence-electron chi connectivity index (χ0n) is 11.6. The molecule has 2 bridgehead atoms. The Morgan fingerprint density at radius 3 is 2.67 bits per heavy atom. The normalized spacial score (nSPS) is 28.0. The van der Waals surface area contributed by atoms with Gasteiger partial charge in [0.25, 0.3) is 0 Å². The minimum atomic E-state index is -1.05. The lowest BCUT2D eigenvalue weighted by atomic mass is 10.0. The standard InChI is InChI=1S/C16H18FNO3/c17-14-7-10(2-6-16(19)20)1-5-15(14)21-13-8-11-3-4-12(9-13)18-11/h1-2,5-7,11-13,18H,3-4,8-9H2,(H,19,20)/b6-2+/t11-,12+,13?. The van der Waals surface area contributed by atoms with Gasteiger partial charge in [0.05, 0.1) is 0 Å². The molecule has 1 aromatic rings. The third kappa shape index (κ3) is 3.42. The van der Waals surface area contributed by atoms with Crippen LogP contribution in [0.4, 0.5) is 4.39 Å². The van der Waals surface area contributed by atoms with E-state index in [4.69, 9.17) is 9.84 Å². The summed E-state index contributed by atoms with van der Waals surface area (Å²) in [6.45, 7) is 0. The third-order valence-electron chi connectivity index (χ3n) is 4.10. The largest absolute Gasteiger partial charge is 0.487 e. The highest BCUT2D eigenvalue weighted by Crippen LogP contribution is 2.30. The van der Waals surface area contributed by atoms with Crippen LogP contribution in [0.2, 0.25) is 0 Å². The van der Waals surface area contributed by atoms with Crippen molar-refractivity contribution in [3.63, 3.8) is 0 Å². The molecule has 0 spiro atoms. The Morgan fingerprint density at radius 1 is 1.33 bits per heavy atom. The van der Waals surface area contributed by atoms with Crippen molar-refractivity contribution in [2.75, 3.05) is 0 Å².